The van der Waals surface area contributed by atoms with E-state index in [4.69, 9.17) is 10.8 Å². The van der Waals surface area contributed by atoms with Gasteiger partial charge in [-0.3, -0.25) is 4.79 Å². The minimum Gasteiger partial charge on any atom is -0.393 e. The number of amides is 1. The van der Waals surface area contributed by atoms with E-state index in [0.29, 0.717) is 19.4 Å². The minimum absolute atomic E-state index is 0.00646. The van der Waals surface area contributed by atoms with E-state index in [2.05, 4.69) is 5.32 Å². The van der Waals surface area contributed by atoms with Crippen molar-refractivity contribution in [3.63, 3.8) is 0 Å². The largest absolute Gasteiger partial charge is 0.393 e. The van der Waals surface area contributed by atoms with E-state index < -0.39 is 0 Å². The van der Waals surface area contributed by atoms with Crippen LogP contribution in [0.2, 0.25) is 0 Å². The maximum atomic E-state index is 11.5. The molecule has 0 aliphatic rings. The summed E-state index contributed by atoms with van der Waals surface area (Å²) < 4.78 is 0. The van der Waals surface area contributed by atoms with E-state index in [1.165, 1.54) is 0 Å². The van der Waals surface area contributed by atoms with Gasteiger partial charge in [0.25, 0.3) is 0 Å². The van der Waals surface area contributed by atoms with Crippen LogP contribution >= 0.6 is 0 Å². The second kappa shape index (κ2) is 6.86. The van der Waals surface area contributed by atoms with Crippen molar-refractivity contribution in [2.45, 2.75) is 59.1 Å². The van der Waals surface area contributed by atoms with E-state index in [0.717, 1.165) is 6.42 Å². The van der Waals surface area contributed by atoms with Crippen LogP contribution in [0.1, 0.15) is 47.0 Å². The van der Waals surface area contributed by atoms with Crippen LogP contribution in [0.3, 0.4) is 0 Å². The summed E-state index contributed by atoms with van der Waals surface area (Å²) in [6.07, 6.45) is 1.58. The Morgan fingerprint density at radius 2 is 2.00 bits per heavy atom. The molecule has 0 radical (unpaired) electrons. The van der Waals surface area contributed by atoms with Gasteiger partial charge in [-0.1, -0.05) is 20.8 Å². The van der Waals surface area contributed by atoms with Gasteiger partial charge in [0, 0.05) is 19.0 Å². The van der Waals surface area contributed by atoms with Gasteiger partial charge >= 0.3 is 0 Å². The lowest BCUT2D eigenvalue weighted by molar-refractivity contribution is -0.121. The van der Waals surface area contributed by atoms with Gasteiger partial charge < -0.3 is 16.2 Å². The summed E-state index contributed by atoms with van der Waals surface area (Å²) in [6, 6.07) is -0.121. The standard InChI is InChI=1S/C12H26N2O2/c1-9(15)6-5-7-14-11(16)8-10(13)12(2,3)4/h9-10,15H,5-8,13H2,1-4H3,(H,14,16). The molecule has 0 heterocycles. The molecule has 4 nitrogen and oxygen atoms in total. The third-order valence-electron chi connectivity index (χ3n) is 2.64. The van der Waals surface area contributed by atoms with Gasteiger partial charge in [0.15, 0.2) is 0 Å². The number of nitrogens with two attached hydrogens (primary N) is 1. The number of carbonyl (C=O) groups excluding carboxylic acids is 1. The molecule has 4 N–H and O–H groups in total. The summed E-state index contributed by atoms with van der Waals surface area (Å²) in [5.41, 5.74) is 5.86. The average Bonchev–Trinajstić information content (AvgIpc) is 2.10. The predicted octanol–water partition coefficient (Wildman–Crippen LogP) is 1.03. The first kappa shape index (κ1) is 15.4. The Labute approximate surface area is 98.6 Å². The van der Waals surface area contributed by atoms with E-state index >= 15 is 0 Å². The Morgan fingerprint density at radius 3 is 2.44 bits per heavy atom. The van der Waals surface area contributed by atoms with Gasteiger partial charge in [0.05, 0.1) is 6.10 Å². The molecule has 96 valence electrons. The van der Waals surface area contributed by atoms with Crippen LogP contribution in [0, 0.1) is 5.41 Å². The maximum Gasteiger partial charge on any atom is 0.221 e. The fraction of sp³-hybridized carbons (Fsp3) is 0.917. The number of aliphatic hydroxyl groups excluding tert-OH is 1. The Balaban J connectivity index is 3.67. The van der Waals surface area contributed by atoms with E-state index in [1.807, 2.05) is 20.8 Å². The SMILES string of the molecule is CC(O)CCCNC(=O)CC(N)C(C)(C)C. The molecule has 0 saturated heterocycles. The van der Waals surface area contributed by atoms with Crippen LogP contribution < -0.4 is 11.1 Å². The number of carbonyl (C=O) groups is 1. The lowest BCUT2D eigenvalue weighted by Gasteiger charge is -2.26. The van der Waals surface area contributed by atoms with Crippen molar-refractivity contribution >= 4 is 5.91 Å². The molecule has 0 aliphatic carbocycles. The molecule has 0 aromatic heterocycles. The first-order chi connectivity index (χ1) is 7.23. The predicted molar refractivity (Wildman–Crippen MR) is 66.0 cm³/mol. The summed E-state index contributed by atoms with van der Waals surface area (Å²) in [5, 5.41) is 11.8. The highest BCUT2D eigenvalue weighted by molar-refractivity contribution is 5.76. The molecule has 0 saturated carbocycles. The van der Waals surface area contributed by atoms with Gasteiger partial charge in [-0.15, -0.1) is 0 Å². The Kier molecular flexibility index (Phi) is 6.60. The monoisotopic (exact) mass is 230 g/mol. The fourth-order valence-electron chi connectivity index (χ4n) is 1.20. The number of aliphatic hydroxyl groups is 1. The van der Waals surface area contributed by atoms with E-state index in [1.54, 1.807) is 6.92 Å². The number of rotatable bonds is 6. The van der Waals surface area contributed by atoms with Crippen LogP contribution in [0.15, 0.2) is 0 Å². The Hall–Kier alpha value is -0.610. The summed E-state index contributed by atoms with van der Waals surface area (Å²) in [7, 11) is 0. The first-order valence-electron chi connectivity index (χ1n) is 5.94. The van der Waals surface area contributed by atoms with E-state index in [-0.39, 0.29) is 23.5 Å². The van der Waals surface area contributed by atoms with Gasteiger partial charge in [0.1, 0.15) is 0 Å². The molecule has 2 unspecified atom stereocenters. The Morgan fingerprint density at radius 1 is 1.44 bits per heavy atom. The second-order valence-electron chi connectivity index (χ2n) is 5.52. The molecule has 16 heavy (non-hydrogen) atoms. The zero-order valence-corrected chi connectivity index (χ0v) is 10.9. The topological polar surface area (TPSA) is 75.3 Å². The van der Waals surface area contributed by atoms with Gasteiger partial charge in [-0.2, -0.15) is 0 Å². The normalized spacial score (nSPS) is 15.6. The van der Waals surface area contributed by atoms with Crippen molar-refractivity contribution in [3.05, 3.63) is 0 Å². The molecule has 4 heteroatoms. The smallest absolute Gasteiger partial charge is 0.221 e. The molecule has 1 amide bonds. The lowest BCUT2D eigenvalue weighted by atomic mass is 9.85. The molecule has 2 atom stereocenters. The second-order valence-corrected chi connectivity index (χ2v) is 5.52. The van der Waals surface area contributed by atoms with Crippen molar-refractivity contribution in [2.24, 2.45) is 11.1 Å². The zero-order chi connectivity index (χ0) is 12.8. The van der Waals surface area contributed by atoms with Crippen LogP contribution in [0.4, 0.5) is 0 Å². The third-order valence-corrected chi connectivity index (χ3v) is 2.64. The molecule has 0 bridgehead atoms. The molecule has 0 aromatic carbocycles. The van der Waals surface area contributed by atoms with Crippen LogP contribution in [0.5, 0.6) is 0 Å². The highest BCUT2D eigenvalue weighted by atomic mass is 16.3. The molecule has 0 spiro atoms. The third kappa shape index (κ3) is 7.65. The average molecular weight is 230 g/mol. The molecular weight excluding hydrogens is 204 g/mol. The highest BCUT2D eigenvalue weighted by Gasteiger charge is 2.22. The van der Waals surface area contributed by atoms with Gasteiger partial charge in [-0.05, 0) is 25.2 Å². The number of nitrogens with one attached hydrogen (secondary N) is 1. The fourth-order valence-corrected chi connectivity index (χ4v) is 1.20. The minimum atomic E-state index is -0.297. The van der Waals surface area contributed by atoms with Crippen molar-refractivity contribution in [2.75, 3.05) is 6.54 Å². The number of hydrogen-bond donors (Lipinski definition) is 3. The highest BCUT2D eigenvalue weighted by Crippen LogP contribution is 2.19. The molecule has 0 rings (SSSR count). The van der Waals surface area contributed by atoms with Crippen molar-refractivity contribution in [3.8, 4) is 0 Å². The van der Waals surface area contributed by atoms with Crippen LogP contribution in [-0.4, -0.2) is 29.7 Å². The molecule has 0 fully saturated rings. The first-order valence-corrected chi connectivity index (χ1v) is 5.94. The summed E-state index contributed by atoms with van der Waals surface area (Å²) in [6.45, 7) is 8.44. The number of hydrogen-bond acceptors (Lipinski definition) is 3. The zero-order valence-electron chi connectivity index (χ0n) is 10.9. The van der Waals surface area contributed by atoms with Crippen LogP contribution in [0.25, 0.3) is 0 Å². The van der Waals surface area contributed by atoms with Gasteiger partial charge in [-0.25, -0.2) is 0 Å². The molecule has 0 aliphatic heterocycles. The lowest BCUT2D eigenvalue weighted by Crippen LogP contribution is -2.40. The summed E-state index contributed by atoms with van der Waals surface area (Å²) in [4.78, 5) is 11.5. The van der Waals surface area contributed by atoms with Crippen LogP contribution in [-0.2, 0) is 4.79 Å². The van der Waals surface area contributed by atoms with E-state index in [9.17, 15) is 4.79 Å². The summed E-state index contributed by atoms with van der Waals surface area (Å²) >= 11 is 0. The van der Waals surface area contributed by atoms with Gasteiger partial charge in [0.2, 0.25) is 5.91 Å². The van der Waals surface area contributed by atoms with Crippen molar-refractivity contribution < 1.29 is 9.90 Å². The Bertz CT molecular complexity index is 210. The summed E-state index contributed by atoms with van der Waals surface area (Å²) in [5.74, 6) is -0.00646. The molecule has 0 aromatic rings. The van der Waals surface area contributed by atoms with Crippen molar-refractivity contribution in [1.82, 2.24) is 5.32 Å². The maximum absolute atomic E-state index is 11.5. The quantitative estimate of drug-likeness (QED) is 0.596. The molecular formula is C12H26N2O2. The van der Waals surface area contributed by atoms with Crippen molar-refractivity contribution in [1.29, 1.82) is 0 Å².